The smallest absolute Gasteiger partial charge is 0.197 e. The molecule has 0 bridgehead atoms. The number of aromatic nitrogens is 1. The largest absolute Gasteiger partial charge is 0.491 e. The van der Waals surface area contributed by atoms with Crippen LogP contribution in [0.1, 0.15) is 27.2 Å². The Bertz CT molecular complexity index is 1020. The van der Waals surface area contributed by atoms with Crippen molar-refractivity contribution in [2.24, 2.45) is 0 Å². The van der Waals surface area contributed by atoms with Crippen molar-refractivity contribution in [1.29, 1.82) is 0 Å². The fourth-order valence-corrected chi connectivity index (χ4v) is 4.44. The fraction of sp³-hybridized carbons (Fsp3) is 0.261. The molecule has 0 aliphatic heterocycles. The van der Waals surface area contributed by atoms with Gasteiger partial charge in [0.15, 0.2) is 5.43 Å². The van der Waals surface area contributed by atoms with Crippen LogP contribution in [-0.4, -0.2) is 10.7 Å². The summed E-state index contributed by atoms with van der Waals surface area (Å²) in [4.78, 5) is 13.4. The molecule has 0 N–H and O–H groups in total. The number of pyridine rings is 1. The van der Waals surface area contributed by atoms with Crippen LogP contribution in [-0.2, 0) is 6.54 Å². The van der Waals surface area contributed by atoms with Gasteiger partial charge in [-0.2, -0.15) is 0 Å². The van der Waals surface area contributed by atoms with Crippen LogP contribution in [0.5, 0.6) is 5.75 Å². The molecule has 2 aromatic carbocycles. The summed E-state index contributed by atoms with van der Waals surface area (Å²) in [7, 11) is 0. The highest BCUT2D eigenvalue weighted by Crippen LogP contribution is 2.29. The van der Waals surface area contributed by atoms with Crippen LogP contribution in [0.4, 0.5) is 0 Å². The Morgan fingerprint density at radius 2 is 1.61 bits per heavy atom. The van der Waals surface area contributed by atoms with Crippen LogP contribution in [0, 0.1) is 0 Å². The van der Waals surface area contributed by atoms with Crippen LogP contribution in [0.25, 0.3) is 22.3 Å². The lowest BCUT2D eigenvalue weighted by Gasteiger charge is -2.14. The molecule has 0 amide bonds. The minimum absolute atomic E-state index is 0.0130. The fourth-order valence-electron chi connectivity index (χ4n) is 3.15. The third-order valence-electron chi connectivity index (χ3n) is 4.25. The van der Waals surface area contributed by atoms with Gasteiger partial charge in [0.25, 0.3) is 0 Å². The van der Waals surface area contributed by atoms with E-state index < -0.39 is 0 Å². The Balaban J connectivity index is 2.19. The van der Waals surface area contributed by atoms with Crippen LogP contribution in [0.2, 0.25) is 0 Å². The van der Waals surface area contributed by atoms with Crippen molar-refractivity contribution in [3.8, 4) is 28.0 Å². The van der Waals surface area contributed by atoms with Crippen LogP contribution >= 0.6 is 31.9 Å². The second kappa shape index (κ2) is 9.10. The molecule has 0 fully saturated rings. The van der Waals surface area contributed by atoms with E-state index in [1.54, 1.807) is 0 Å². The summed E-state index contributed by atoms with van der Waals surface area (Å²) in [6.45, 7) is 6.96. The quantitative estimate of drug-likeness (QED) is 0.365. The number of hydrogen-bond acceptors (Lipinski definition) is 2. The van der Waals surface area contributed by atoms with Crippen LogP contribution in [0.3, 0.4) is 0 Å². The van der Waals surface area contributed by atoms with Crippen molar-refractivity contribution >= 4 is 31.9 Å². The zero-order valence-electron chi connectivity index (χ0n) is 16.2. The molecule has 28 heavy (non-hydrogen) atoms. The van der Waals surface area contributed by atoms with Gasteiger partial charge < -0.3 is 9.30 Å². The van der Waals surface area contributed by atoms with E-state index in [1.807, 2.05) is 68.7 Å². The summed E-state index contributed by atoms with van der Waals surface area (Å²) in [5, 5.41) is 0. The summed E-state index contributed by atoms with van der Waals surface area (Å²) in [6, 6.07) is 13.7. The summed E-state index contributed by atoms with van der Waals surface area (Å²) >= 11 is 7.05. The first-order chi connectivity index (χ1) is 13.4. The molecule has 0 saturated carbocycles. The maximum atomic E-state index is 13.4. The maximum absolute atomic E-state index is 13.4. The zero-order chi connectivity index (χ0) is 20.3. The van der Waals surface area contributed by atoms with Gasteiger partial charge in [-0.25, -0.2) is 0 Å². The van der Waals surface area contributed by atoms with Gasteiger partial charge in [-0.1, -0.05) is 50.9 Å². The van der Waals surface area contributed by atoms with Crippen molar-refractivity contribution < 1.29 is 4.74 Å². The van der Waals surface area contributed by atoms with Crippen molar-refractivity contribution in [2.75, 3.05) is 0 Å². The molecule has 0 spiro atoms. The van der Waals surface area contributed by atoms with E-state index in [0.717, 1.165) is 38.8 Å². The lowest BCUT2D eigenvalue weighted by atomic mass is 10.0. The van der Waals surface area contributed by atoms with Gasteiger partial charge in [-0.05, 0) is 61.7 Å². The lowest BCUT2D eigenvalue weighted by molar-refractivity contribution is 0.242. The first-order valence-electron chi connectivity index (χ1n) is 9.35. The highest BCUT2D eigenvalue weighted by Gasteiger charge is 2.13. The molecule has 3 nitrogen and oxygen atoms in total. The number of benzene rings is 2. The Labute approximate surface area is 182 Å². The third kappa shape index (κ3) is 4.95. The number of hydrogen-bond donors (Lipinski definition) is 0. The average Bonchev–Trinajstić information content (AvgIpc) is 2.62. The molecule has 0 aliphatic rings. The number of halogens is 2. The summed E-state index contributed by atoms with van der Waals surface area (Å²) < 4.78 is 9.77. The first kappa shape index (κ1) is 20.9. The highest BCUT2D eigenvalue weighted by molar-refractivity contribution is 9.11. The van der Waals surface area contributed by atoms with Gasteiger partial charge in [-0.15, -0.1) is 0 Å². The summed E-state index contributed by atoms with van der Waals surface area (Å²) in [6.07, 6.45) is 4.95. The van der Waals surface area contributed by atoms with E-state index in [9.17, 15) is 4.79 Å². The topological polar surface area (TPSA) is 31.2 Å². The number of rotatable bonds is 6. The molecule has 1 aromatic heterocycles. The first-order valence-corrected chi connectivity index (χ1v) is 10.9. The van der Waals surface area contributed by atoms with E-state index >= 15 is 0 Å². The van der Waals surface area contributed by atoms with Gasteiger partial charge in [0.05, 0.1) is 6.10 Å². The van der Waals surface area contributed by atoms with Crippen molar-refractivity contribution in [1.82, 2.24) is 4.57 Å². The molecule has 146 valence electrons. The molecular formula is C23H23Br2NO2. The Hall–Kier alpha value is -1.85. The SMILES string of the molecule is CCCn1cc(-c2cc(Br)cc(Br)c2)c(=O)c(-c2cccc(OC(C)C)c2)c1. The normalized spacial score (nSPS) is 11.1. The molecule has 0 aliphatic carbocycles. The second-order valence-corrected chi connectivity index (χ2v) is 8.84. The molecule has 0 atom stereocenters. The van der Waals surface area contributed by atoms with Crippen LogP contribution in [0.15, 0.2) is 68.6 Å². The van der Waals surface area contributed by atoms with E-state index in [0.29, 0.717) is 11.1 Å². The summed E-state index contributed by atoms with van der Waals surface area (Å²) in [5.74, 6) is 0.768. The van der Waals surface area contributed by atoms with Gasteiger partial charge in [0.2, 0.25) is 0 Å². The number of aryl methyl sites for hydroxylation is 1. The Morgan fingerprint density at radius 3 is 2.21 bits per heavy atom. The Morgan fingerprint density at radius 1 is 0.964 bits per heavy atom. The van der Waals surface area contributed by atoms with E-state index in [-0.39, 0.29) is 11.5 Å². The van der Waals surface area contributed by atoms with E-state index in [2.05, 4.69) is 43.4 Å². The van der Waals surface area contributed by atoms with Crippen LogP contribution < -0.4 is 10.2 Å². The van der Waals surface area contributed by atoms with Gasteiger partial charge in [0.1, 0.15) is 5.75 Å². The van der Waals surface area contributed by atoms with Crippen molar-refractivity contribution in [2.45, 2.75) is 39.8 Å². The standard InChI is InChI=1S/C23H23Br2NO2/c1-4-8-26-13-21(16-6-5-7-20(11-16)28-15(2)3)23(27)22(14-26)17-9-18(24)12-19(25)10-17/h5-7,9-15H,4,8H2,1-3H3. The molecule has 0 radical (unpaired) electrons. The second-order valence-electron chi connectivity index (χ2n) is 7.01. The minimum atomic E-state index is 0.0130. The highest BCUT2D eigenvalue weighted by atomic mass is 79.9. The predicted molar refractivity (Wildman–Crippen MR) is 123 cm³/mol. The monoisotopic (exact) mass is 503 g/mol. The van der Waals surface area contributed by atoms with Gasteiger partial charge >= 0.3 is 0 Å². The molecule has 0 saturated heterocycles. The molecule has 3 aromatic rings. The predicted octanol–water partition coefficient (Wildman–Crippen LogP) is 6.90. The third-order valence-corrected chi connectivity index (χ3v) is 5.17. The Kier molecular flexibility index (Phi) is 6.78. The molecule has 0 unspecified atom stereocenters. The summed E-state index contributed by atoms with van der Waals surface area (Å²) in [5.41, 5.74) is 3.12. The minimum Gasteiger partial charge on any atom is -0.491 e. The van der Waals surface area contributed by atoms with Gasteiger partial charge in [0, 0.05) is 39.0 Å². The molecular weight excluding hydrogens is 482 g/mol. The molecule has 3 rings (SSSR count). The maximum Gasteiger partial charge on any atom is 0.197 e. The molecule has 1 heterocycles. The van der Waals surface area contributed by atoms with Gasteiger partial charge in [-0.3, -0.25) is 4.79 Å². The number of ether oxygens (including phenoxy) is 1. The number of nitrogens with zero attached hydrogens (tertiary/aromatic N) is 1. The van der Waals surface area contributed by atoms with E-state index in [4.69, 9.17) is 4.74 Å². The lowest BCUT2D eigenvalue weighted by Crippen LogP contribution is -2.13. The van der Waals surface area contributed by atoms with Crippen molar-refractivity contribution in [3.63, 3.8) is 0 Å². The average molecular weight is 505 g/mol. The zero-order valence-corrected chi connectivity index (χ0v) is 19.4. The molecule has 5 heteroatoms. The van der Waals surface area contributed by atoms with E-state index in [1.165, 1.54) is 0 Å². The van der Waals surface area contributed by atoms with Crippen molar-refractivity contribution in [3.05, 3.63) is 74.0 Å².